The minimum Gasteiger partial charge on any atom is -0.374 e. The summed E-state index contributed by atoms with van der Waals surface area (Å²) in [4.78, 5) is 0. The molecular weight excluding hydrogens is 148 g/mol. The third-order valence-corrected chi connectivity index (χ3v) is 3.26. The highest BCUT2D eigenvalue weighted by molar-refractivity contribution is 4.86. The summed E-state index contributed by atoms with van der Waals surface area (Å²) in [5, 5.41) is 0. The Kier molecular flexibility index (Phi) is 2.40. The van der Waals surface area contributed by atoms with Gasteiger partial charge in [0.25, 0.3) is 0 Å². The summed E-state index contributed by atoms with van der Waals surface area (Å²) in [5.41, 5.74) is 0.144. The second kappa shape index (κ2) is 3.37. The van der Waals surface area contributed by atoms with Gasteiger partial charge in [0.1, 0.15) is 0 Å². The highest BCUT2D eigenvalue weighted by Gasteiger charge is 2.37. The molecule has 1 nitrogen and oxygen atoms in total. The van der Waals surface area contributed by atoms with Gasteiger partial charge in [-0.1, -0.05) is 27.7 Å². The number of hydrogen-bond acceptors (Lipinski definition) is 1. The van der Waals surface area contributed by atoms with E-state index in [2.05, 4.69) is 34.6 Å². The molecule has 1 aliphatic rings. The summed E-state index contributed by atoms with van der Waals surface area (Å²) in [6.45, 7) is 10.8. The van der Waals surface area contributed by atoms with Crippen molar-refractivity contribution in [1.29, 1.82) is 0 Å². The third kappa shape index (κ3) is 1.82. The van der Waals surface area contributed by atoms with Crippen LogP contribution in [0.2, 0.25) is 0 Å². The Morgan fingerprint density at radius 1 is 1.50 bits per heavy atom. The van der Waals surface area contributed by atoms with Gasteiger partial charge in [-0.3, -0.25) is 0 Å². The van der Waals surface area contributed by atoms with E-state index in [-0.39, 0.29) is 24.0 Å². The molecule has 1 rings (SSSR count). The Bertz CT molecular complexity index is 179. The molecule has 72 valence electrons. The van der Waals surface area contributed by atoms with Crippen molar-refractivity contribution in [3.05, 3.63) is 0 Å². The Morgan fingerprint density at radius 3 is 2.42 bits per heavy atom. The minimum absolute atomic E-state index is 0.0510. The average molecular weight is 172 g/mol. The maximum absolute atomic E-state index is 8.06. The smallest absolute Gasteiger partial charge is 0.0633 e. The van der Waals surface area contributed by atoms with Gasteiger partial charge in [-0.05, 0) is 31.1 Å². The summed E-state index contributed by atoms with van der Waals surface area (Å²) in [6, 6.07) is 0. The summed E-state index contributed by atoms with van der Waals surface area (Å²) >= 11 is 0. The summed E-state index contributed by atoms with van der Waals surface area (Å²) in [5.74, 6) is 0.371. The molecule has 0 aromatic heterocycles. The summed E-state index contributed by atoms with van der Waals surface area (Å²) in [7, 11) is 0. The van der Waals surface area contributed by atoms with Crippen molar-refractivity contribution in [3.8, 4) is 0 Å². The first-order valence-electron chi connectivity index (χ1n) is 5.55. The Morgan fingerprint density at radius 2 is 2.08 bits per heavy atom. The van der Waals surface area contributed by atoms with E-state index in [1.807, 2.05) is 0 Å². The highest BCUT2D eigenvalue weighted by Crippen LogP contribution is 2.38. The van der Waals surface area contributed by atoms with Gasteiger partial charge in [-0.25, -0.2) is 0 Å². The Balaban J connectivity index is 2.73. The van der Waals surface area contributed by atoms with Crippen LogP contribution in [0.25, 0.3) is 0 Å². The molecule has 0 saturated carbocycles. The van der Waals surface area contributed by atoms with Crippen LogP contribution in [-0.2, 0) is 4.74 Å². The predicted octanol–water partition coefficient (Wildman–Crippen LogP) is 3.24. The molecule has 0 aromatic rings. The van der Waals surface area contributed by atoms with Crippen LogP contribution in [-0.4, -0.2) is 12.2 Å². The predicted molar refractivity (Wildman–Crippen MR) is 52.2 cm³/mol. The normalized spacial score (nSPS) is 44.6. The van der Waals surface area contributed by atoms with Crippen molar-refractivity contribution in [1.82, 2.24) is 0 Å². The van der Waals surface area contributed by atoms with Gasteiger partial charge in [0.05, 0.1) is 12.2 Å². The van der Waals surface area contributed by atoms with E-state index >= 15 is 0 Å². The molecule has 1 aliphatic heterocycles. The van der Waals surface area contributed by atoms with E-state index in [1.165, 1.54) is 0 Å². The first-order chi connectivity index (χ1) is 5.90. The van der Waals surface area contributed by atoms with Gasteiger partial charge >= 0.3 is 0 Å². The van der Waals surface area contributed by atoms with Crippen LogP contribution >= 0.6 is 0 Å². The van der Waals surface area contributed by atoms with Crippen molar-refractivity contribution in [2.75, 3.05) is 0 Å². The number of hydrogen-bond donors (Lipinski definition) is 0. The second-order valence-corrected chi connectivity index (χ2v) is 4.66. The first-order valence-corrected chi connectivity index (χ1v) is 4.98. The zero-order valence-electron chi connectivity index (χ0n) is 9.92. The Hall–Kier alpha value is -0.0400. The lowest BCUT2D eigenvalue weighted by Crippen LogP contribution is -2.28. The van der Waals surface area contributed by atoms with Gasteiger partial charge in [-0.15, -0.1) is 0 Å². The summed E-state index contributed by atoms with van der Waals surface area (Å²) < 4.78 is 13.9. The molecule has 4 unspecified atom stereocenters. The molecule has 0 spiro atoms. The minimum atomic E-state index is -0.0510. The average Bonchev–Trinajstić information content (AvgIpc) is 2.33. The van der Waals surface area contributed by atoms with E-state index < -0.39 is 0 Å². The van der Waals surface area contributed by atoms with Crippen LogP contribution in [0.4, 0.5) is 0 Å². The highest BCUT2D eigenvalue weighted by atomic mass is 16.5. The van der Waals surface area contributed by atoms with Crippen LogP contribution < -0.4 is 0 Å². The fourth-order valence-electron chi connectivity index (χ4n) is 1.48. The maximum Gasteiger partial charge on any atom is 0.0633 e. The fraction of sp³-hybridized carbons (Fsp3) is 1.00. The zero-order chi connectivity index (χ0) is 10.2. The molecule has 0 bridgehead atoms. The van der Waals surface area contributed by atoms with E-state index in [0.29, 0.717) is 5.92 Å². The molecule has 1 heteroatoms. The SMILES string of the molecule is [3H]C1C(C)C(C)OC1C(C)(C)CC. The van der Waals surface area contributed by atoms with E-state index in [9.17, 15) is 0 Å². The molecule has 0 amide bonds. The number of rotatable bonds is 2. The fourth-order valence-corrected chi connectivity index (χ4v) is 1.48. The quantitative estimate of drug-likeness (QED) is 0.621. The van der Waals surface area contributed by atoms with Crippen LogP contribution in [0, 0.1) is 11.3 Å². The molecule has 1 heterocycles. The van der Waals surface area contributed by atoms with Crippen LogP contribution in [0.1, 0.15) is 48.8 Å². The lowest BCUT2D eigenvalue weighted by molar-refractivity contribution is -0.0207. The van der Waals surface area contributed by atoms with E-state index in [4.69, 9.17) is 6.11 Å². The molecule has 4 atom stereocenters. The second-order valence-electron chi connectivity index (χ2n) is 4.66. The molecule has 1 saturated heterocycles. The van der Waals surface area contributed by atoms with Gasteiger partial charge in [0, 0.05) is 1.37 Å². The van der Waals surface area contributed by atoms with Crippen molar-refractivity contribution in [2.24, 2.45) is 11.3 Å². The van der Waals surface area contributed by atoms with Gasteiger partial charge in [0.15, 0.2) is 0 Å². The molecule has 0 aliphatic carbocycles. The molecular formula is C11H22O. The standard InChI is InChI=1S/C11H22O/c1-6-11(4,5)10-7-8(2)9(3)12-10/h8-10H,6-7H2,1-5H3/i7T. The monoisotopic (exact) mass is 172 g/mol. The lowest BCUT2D eigenvalue weighted by Gasteiger charge is -2.29. The molecule has 0 radical (unpaired) electrons. The topological polar surface area (TPSA) is 9.23 Å². The third-order valence-electron chi connectivity index (χ3n) is 3.26. The summed E-state index contributed by atoms with van der Waals surface area (Å²) in [6.07, 6.45) is 1.39. The van der Waals surface area contributed by atoms with Crippen molar-refractivity contribution < 1.29 is 6.11 Å². The van der Waals surface area contributed by atoms with Crippen molar-refractivity contribution in [3.63, 3.8) is 0 Å². The largest absolute Gasteiger partial charge is 0.374 e. The van der Waals surface area contributed by atoms with Crippen LogP contribution in [0.5, 0.6) is 0 Å². The van der Waals surface area contributed by atoms with Crippen molar-refractivity contribution in [2.45, 2.75) is 59.6 Å². The zero-order valence-corrected chi connectivity index (χ0v) is 8.92. The molecule has 0 N–H and O–H groups in total. The molecule has 1 fully saturated rings. The maximum atomic E-state index is 8.06. The molecule has 0 aromatic carbocycles. The van der Waals surface area contributed by atoms with Crippen LogP contribution in [0.3, 0.4) is 0 Å². The van der Waals surface area contributed by atoms with Gasteiger partial charge in [0.2, 0.25) is 0 Å². The van der Waals surface area contributed by atoms with Gasteiger partial charge < -0.3 is 4.74 Å². The van der Waals surface area contributed by atoms with E-state index in [0.717, 1.165) is 6.42 Å². The number of ether oxygens (including phenoxy) is 1. The molecule has 12 heavy (non-hydrogen) atoms. The lowest BCUT2D eigenvalue weighted by atomic mass is 9.81. The van der Waals surface area contributed by atoms with Gasteiger partial charge in [-0.2, -0.15) is 0 Å². The van der Waals surface area contributed by atoms with Crippen LogP contribution in [0.15, 0.2) is 0 Å². The Labute approximate surface area is 77.9 Å². The van der Waals surface area contributed by atoms with Crippen molar-refractivity contribution >= 4 is 0 Å². The first kappa shape index (κ1) is 8.55. The van der Waals surface area contributed by atoms with E-state index in [1.54, 1.807) is 0 Å².